The van der Waals surface area contributed by atoms with Gasteiger partial charge in [-0.3, -0.25) is 4.79 Å². The maximum absolute atomic E-state index is 13.0. The molecule has 1 amide bonds. The van der Waals surface area contributed by atoms with Crippen LogP contribution in [0.3, 0.4) is 0 Å². The summed E-state index contributed by atoms with van der Waals surface area (Å²) in [5.74, 6) is -1.81. The van der Waals surface area contributed by atoms with Gasteiger partial charge in [0.1, 0.15) is 5.82 Å². The molecule has 0 bridgehead atoms. The molecule has 0 spiro atoms. The summed E-state index contributed by atoms with van der Waals surface area (Å²) in [7, 11) is 0. The Balaban J connectivity index is 3.04. The van der Waals surface area contributed by atoms with Crippen LogP contribution in [0.5, 0.6) is 0 Å². The van der Waals surface area contributed by atoms with Crippen LogP contribution in [-0.4, -0.2) is 5.91 Å². The summed E-state index contributed by atoms with van der Waals surface area (Å²) >= 11 is 0. The van der Waals surface area contributed by atoms with E-state index in [0.29, 0.717) is 12.1 Å². The Hall–Kier alpha value is -1.59. The third-order valence-electron chi connectivity index (χ3n) is 2.21. The van der Waals surface area contributed by atoms with Gasteiger partial charge in [-0.25, -0.2) is 4.39 Å². The second kappa shape index (κ2) is 4.59. The van der Waals surface area contributed by atoms with E-state index in [-0.39, 0.29) is 5.69 Å². The summed E-state index contributed by atoms with van der Waals surface area (Å²) in [4.78, 5) is 11.6. The first-order chi connectivity index (χ1) is 8.01. The smallest absolute Gasteiger partial charge is 0.326 e. The van der Waals surface area contributed by atoms with Crippen molar-refractivity contribution in [3.8, 4) is 0 Å². The molecule has 100 valence electrons. The van der Waals surface area contributed by atoms with E-state index in [2.05, 4.69) is 5.32 Å². The third kappa shape index (κ3) is 3.45. The molecule has 0 saturated carbocycles. The predicted octanol–water partition coefficient (Wildman–Crippen LogP) is 3.83. The number of carbonyl (C=O) groups is 1. The van der Waals surface area contributed by atoms with E-state index < -0.39 is 28.9 Å². The third-order valence-corrected chi connectivity index (χ3v) is 2.21. The molecule has 0 aromatic heterocycles. The minimum absolute atomic E-state index is 0.0800. The number of hydrogen-bond donors (Lipinski definition) is 1. The number of hydrogen-bond acceptors (Lipinski definition) is 1. The van der Waals surface area contributed by atoms with E-state index in [0.717, 1.165) is 6.07 Å². The van der Waals surface area contributed by atoms with Gasteiger partial charge >= 0.3 is 6.18 Å². The van der Waals surface area contributed by atoms with Gasteiger partial charge in [0.15, 0.2) is 0 Å². The zero-order chi connectivity index (χ0) is 14.1. The van der Waals surface area contributed by atoms with Gasteiger partial charge in [-0.15, -0.1) is 0 Å². The summed E-state index contributed by atoms with van der Waals surface area (Å²) in [6, 6.07) is 2.36. The highest BCUT2D eigenvalue weighted by atomic mass is 19.4. The summed E-state index contributed by atoms with van der Waals surface area (Å²) in [6.07, 6.45) is -4.79. The van der Waals surface area contributed by atoms with E-state index in [4.69, 9.17) is 0 Å². The van der Waals surface area contributed by atoms with Crippen LogP contribution in [0.4, 0.5) is 23.2 Å². The molecule has 1 aromatic rings. The maximum Gasteiger partial charge on any atom is 0.419 e. The second-order valence-electron chi connectivity index (χ2n) is 4.90. The molecule has 0 fully saturated rings. The lowest BCUT2D eigenvalue weighted by atomic mass is 9.95. The summed E-state index contributed by atoms with van der Waals surface area (Å²) in [5, 5.41) is 2.32. The van der Waals surface area contributed by atoms with E-state index in [1.807, 2.05) is 0 Å². The fourth-order valence-corrected chi connectivity index (χ4v) is 1.14. The molecule has 1 N–H and O–H groups in total. The SMILES string of the molecule is CC(C)(C)C(=O)Nc1ccc(F)c(C(F)(F)F)c1. The van der Waals surface area contributed by atoms with E-state index >= 15 is 0 Å². The first-order valence-electron chi connectivity index (χ1n) is 5.20. The zero-order valence-electron chi connectivity index (χ0n) is 10.2. The van der Waals surface area contributed by atoms with Gasteiger partial charge in [-0.05, 0) is 18.2 Å². The number of nitrogens with one attached hydrogen (secondary N) is 1. The Labute approximate surface area is 102 Å². The first kappa shape index (κ1) is 14.5. The lowest BCUT2D eigenvalue weighted by Crippen LogP contribution is -2.27. The second-order valence-corrected chi connectivity index (χ2v) is 4.90. The average Bonchev–Trinajstić information content (AvgIpc) is 2.17. The molecule has 2 nitrogen and oxygen atoms in total. The molecule has 0 aliphatic rings. The van der Waals surface area contributed by atoms with Gasteiger partial charge in [0.25, 0.3) is 0 Å². The molecular formula is C12H13F4NO. The molecule has 6 heteroatoms. The van der Waals surface area contributed by atoms with E-state index in [1.54, 1.807) is 20.8 Å². The molecule has 1 rings (SSSR count). The molecule has 0 radical (unpaired) electrons. The van der Waals surface area contributed by atoms with Crippen LogP contribution in [0.1, 0.15) is 26.3 Å². The number of halogens is 4. The van der Waals surface area contributed by atoms with Crippen LogP contribution in [-0.2, 0) is 11.0 Å². The molecule has 0 unspecified atom stereocenters. The van der Waals surface area contributed by atoms with Gasteiger partial charge in [0.2, 0.25) is 5.91 Å². The summed E-state index contributed by atoms with van der Waals surface area (Å²) in [6.45, 7) is 4.86. The number of alkyl halides is 3. The van der Waals surface area contributed by atoms with Crippen molar-refractivity contribution in [1.29, 1.82) is 0 Å². The van der Waals surface area contributed by atoms with E-state index in [1.165, 1.54) is 0 Å². The molecule has 18 heavy (non-hydrogen) atoms. The Bertz CT molecular complexity index is 460. The molecule has 0 heterocycles. The van der Waals surface area contributed by atoms with Crippen molar-refractivity contribution < 1.29 is 22.4 Å². The maximum atomic E-state index is 13.0. The molecule has 0 saturated heterocycles. The molecule has 0 atom stereocenters. The Morgan fingerprint density at radius 2 is 1.72 bits per heavy atom. The lowest BCUT2D eigenvalue weighted by molar-refractivity contribution is -0.140. The van der Waals surface area contributed by atoms with Crippen molar-refractivity contribution in [3.05, 3.63) is 29.6 Å². The number of benzene rings is 1. The van der Waals surface area contributed by atoms with E-state index in [9.17, 15) is 22.4 Å². The normalized spacial score (nSPS) is 12.4. The van der Waals surface area contributed by atoms with Crippen molar-refractivity contribution in [2.24, 2.45) is 5.41 Å². The number of amides is 1. The zero-order valence-corrected chi connectivity index (χ0v) is 10.2. The van der Waals surface area contributed by atoms with Crippen molar-refractivity contribution in [2.75, 3.05) is 5.32 Å². The highest BCUT2D eigenvalue weighted by Gasteiger charge is 2.34. The number of carbonyl (C=O) groups excluding carboxylic acids is 1. The molecule has 0 aliphatic carbocycles. The van der Waals surface area contributed by atoms with Crippen molar-refractivity contribution in [1.82, 2.24) is 0 Å². The highest BCUT2D eigenvalue weighted by Crippen LogP contribution is 2.33. The summed E-state index contributed by atoms with van der Waals surface area (Å²) in [5.41, 5.74) is -2.22. The average molecular weight is 263 g/mol. The topological polar surface area (TPSA) is 29.1 Å². The van der Waals surface area contributed by atoms with Crippen LogP contribution in [0, 0.1) is 11.2 Å². The van der Waals surface area contributed by atoms with Crippen LogP contribution < -0.4 is 5.32 Å². The molecule has 1 aromatic carbocycles. The Kier molecular flexibility index (Phi) is 3.69. The van der Waals surface area contributed by atoms with Crippen LogP contribution >= 0.6 is 0 Å². The minimum atomic E-state index is -4.79. The predicted molar refractivity (Wildman–Crippen MR) is 59.5 cm³/mol. The van der Waals surface area contributed by atoms with Gasteiger partial charge in [-0.2, -0.15) is 13.2 Å². The van der Waals surface area contributed by atoms with Crippen molar-refractivity contribution in [2.45, 2.75) is 26.9 Å². The Morgan fingerprint density at radius 3 is 2.17 bits per heavy atom. The molecular weight excluding hydrogens is 250 g/mol. The van der Waals surface area contributed by atoms with Gasteiger partial charge in [0, 0.05) is 11.1 Å². The van der Waals surface area contributed by atoms with Crippen LogP contribution in [0.25, 0.3) is 0 Å². The number of anilines is 1. The highest BCUT2D eigenvalue weighted by molar-refractivity contribution is 5.94. The monoisotopic (exact) mass is 263 g/mol. The first-order valence-corrected chi connectivity index (χ1v) is 5.20. The Morgan fingerprint density at radius 1 is 1.17 bits per heavy atom. The standard InChI is InChI=1S/C12H13F4NO/c1-11(2,3)10(18)17-7-4-5-9(13)8(6-7)12(14,15)16/h4-6H,1-3H3,(H,17,18). The lowest BCUT2D eigenvalue weighted by Gasteiger charge is -2.18. The quantitative estimate of drug-likeness (QED) is 0.766. The van der Waals surface area contributed by atoms with Crippen LogP contribution in [0.2, 0.25) is 0 Å². The van der Waals surface area contributed by atoms with Crippen LogP contribution in [0.15, 0.2) is 18.2 Å². The number of rotatable bonds is 1. The van der Waals surface area contributed by atoms with Crippen molar-refractivity contribution >= 4 is 11.6 Å². The fraction of sp³-hybridized carbons (Fsp3) is 0.417. The molecule has 0 aliphatic heterocycles. The minimum Gasteiger partial charge on any atom is -0.326 e. The van der Waals surface area contributed by atoms with Gasteiger partial charge in [-0.1, -0.05) is 20.8 Å². The largest absolute Gasteiger partial charge is 0.419 e. The van der Waals surface area contributed by atoms with Gasteiger partial charge in [0.05, 0.1) is 5.56 Å². The summed E-state index contributed by atoms with van der Waals surface area (Å²) < 4.78 is 50.3. The fourth-order valence-electron chi connectivity index (χ4n) is 1.14. The van der Waals surface area contributed by atoms with Gasteiger partial charge < -0.3 is 5.32 Å². The van der Waals surface area contributed by atoms with Crippen molar-refractivity contribution in [3.63, 3.8) is 0 Å².